The third-order valence-electron chi connectivity index (χ3n) is 2.79. The molecule has 0 fully saturated rings. The number of guanidine groups is 1. The second-order valence-electron chi connectivity index (χ2n) is 4.50. The van der Waals surface area contributed by atoms with E-state index in [1.54, 1.807) is 48.5 Å². The number of nitrogens with zero attached hydrogens (tertiary/aromatic N) is 1. The first-order chi connectivity index (χ1) is 10.6. The summed E-state index contributed by atoms with van der Waals surface area (Å²) in [6.07, 6.45) is 0. The first-order valence-electron chi connectivity index (χ1n) is 6.82. The van der Waals surface area contributed by atoms with Crippen molar-refractivity contribution in [2.24, 2.45) is 16.5 Å². The highest BCUT2D eigenvalue weighted by molar-refractivity contribution is 6.04. The molecule has 0 unspecified atom stereocenters. The Balaban J connectivity index is 2.10. The number of carbonyl (C=O) groups excluding carboxylic acids is 1. The molecule has 0 aliphatic heterocycles. The minimum atomic E-state index is -0.239. The fraction of sp³-hybridized carbons (Fsp3) is 0.125. The van der Waals surface area contributed by atoms with Crippen LogP contribution in [0.3, 0.4) is 0 Å². The Kier molecular flexibility index (Phi) is 4.98. The van der Waals surface area contributed by atoms with Crippen LogP contribution in [0, 0.1) is 0 Å². The van der Waals surface area contributed by atoms with Gasteiger partial charge in [0.2, 0.25) is 0 Å². The molecule has 5 N–H and O–H groups in total. The van der Waals surface area contributed by atoms with Crippen LogP contribution < -0.4 is 21.5 Å². The topological polar surface area (TPSA) is 103 Å². The predicted molar refractivity (Wildman–Crippen MR) is 87.5 cm³/mol. The van der Waals surface area contributed by atoms with E-state index in [0.717, 1.165) is 5.75 Å². The quantitative estimate of drug-likeness (QED) is 0.581. The highest BCUT2D eigenvalue weighted by Gasteiger charge is 2.07. The lowest BCUT2D eigenvalue weighted by molar-refractivity contribution is 0.102. The number of benzene rings is 2. The van der Waals surface area contributed by atoms with Gasteiger partial charge in [0.05, 0.1) is 12.3 Å². The summed E-state index contributed by atoms with van der Waals surface area (Å²) in [6, 6.07) is 13.9. The van der Waals surface area contributed by atoms with Crippen LogP contribution in [0.5, 0.6) is 5.75 Å². The Morgan fingerprint density at radius 2 is 1.91 bits per heavy atom. The SMILES string of the molecule is CCOc1ccc(NC(=O)c2cccc(N=C(N)N)c2)cc1. The fourth-order valence-corrected chi connectivity index (χ4v) is 1.87. The molecule has 0 saturated heterocycles. The summed E-state index contributed by atoms with van der Waals surface area (Å²) in [7, 11) is 0. The van der Waals surface area contributed by atoms with Crippen LogP contribution in [0.4, 0.5) is 11.4 Å². The standard InChI is InChI=1S/C16H18N4O2/c1-2-22-14-8-6-12(7-9-14)19-15(21)11-4-3-5-13(10-11)20-16(17)18/h3-10H,2H2,1H3,(H,19,21)(H4,17,18,20). The zero-order valence-electron chi connectivity index (χ0n) is 12.2. The number of carbonyl (C=O) groups is 1. The van der Waals surface area contributed by atoms with Crippen molar-refractivity contribution in [3.8, 4) is 5.75 Å². The molecule has 0 radical (unpaired) electrons. The van der Waals surface area contributed by atoms with Crippen LogP contribution in [0.25, 0.3) is 0 Å². The van der Waals surface area contributed by atoms with E-state index in [0.29, 0.717) is 23.5 Å². The van der Waals surface area contributed by atoms with Gasteiger partial charge >= 0.3 is 0 Å². The highest BCUT2D eigenvalue weighted by Crippen LogP contribution is 2.18. The molecule has 0 bridgehead atoms. The van der Waals surface area contributed by atoms with Crippen molar-refractivity contribution in [3.05, 3.63) is 54.1 Å². The molecule has 6 heteroatoms. The molecule has 0 saturated carbocycles. The average Bonchev–Trinajstić information content (AvgIpc) is 2.49. The van der Waals surface area contributed by atoms with Crippen molar-refractivity contribution in [3.63, 3.8) is 0 Å². The molecule has 2 aromatic rings. The maximum absolute atomic E-state index is 12.2. The van der Waals surface area contributed by atoms with Gasteiger partial charge in [0.1, 0.15) is 5.75 Å². The number of rotatable bonds is 5. The van der Waals surface area contributed by atoms with Gasteiger partial charge in [-0.15, -0.1) is 0 Å². The van der Waals surface area contributed by atoms with Crippen LogP contribution in [0.15, 0.2) is 53.5 Å². The molecule has 1 amide bonds. The van der Waals surface area contributed by atoms with Gasteiger partial charge < -0.3 is 21.5 Å². The number of hydrogen-bond acceptors (Lipinski definition) is 3. The minimum Gasteiger partial charge on any atom is -0.494 e. The lowest BCUT2D eigenvalue weighted by Crippen LogP contribution is -2.21. The van der Waals surface area contributed by atoms with E-state index in [1.807, 2.05) is 6.92 Å². The smallest absolute Gasteiger partial charge is 0.255 e. The van der Waals surface area contributed by atoms with Crippen molar-refractivity contribution >= 4 is 23.2 Å². The van der Waals surface area contributed by atoms with E-state index < -0.39 is 0 Å². The van der Waals surface area contributed by atoms with Crippen LogP contribution in [0.1, 0.15) is 17.3 Å². The van der Waals surface area contributed by atoms with E-state index in [-0.39, 0.29) is 11.9 Å². The molecule has 2 aromatic carbocycles. The van der Waals surface area contributed by atoms with Crippen LogP contribution >= 0.6 is 0 Å². The molecule has 0 heterocycles. The maximum atomic E-state index is 12.2. The van der Waals surface area contributed by atoms with Crippen molar-refractivity contribution in [2.75, 3.05) is 11.9 Å². The van der Waals surface area contributed by atoms with E-state index in [1.165, 1.54) is 0 Å². The normalized spacial score (nSPS) is 9.86. The highest BCUT2D eigenvalue weighted by atomic mass is 16.5. The Morgan fingerprint density at radius 3 is 2.55 bits per heavy atom. The Morgan fingerprint density at radius 1 is 1.18 bits per heavy atom. The number of nitrogens with one attached hydrogen (secondary N) is 1. The second-order valence-corrected chi connectivity index (χ2v) is 4.50. The zero-order chi connectivity index (χ0) is 15.9. The summed E-state index contributed by atoms with van der Waals surface area (Å²) in [5.74, 6) is 0.469. The van der Waals surface area contributed by atoms with Gasteiger partial charge in [-0.1, -0.05) is 6.07 Å². The number of aliphatic imine (C=N–C) groups is 1. The van der Waals surface area contributed by atoms with Gasteiger partial charge in [0.15, 0.2) is 5.96 Å². The Labute approximate surface area is 128 Å². The summed E-state index contributed by atoms with van der Waals surface area (Å²) in [5.41, 5.74) is 12.3. The summed E-state index contributed by atoms with van der Waals surface area (Å²) < 4.78 is 5.35. The summed E-state index contributed by atoms with van der Waals surface area (Å²) in [4.78, 5) is 16.1. The molecule has 0 spiro atoms. The maximum Gasteiger partial charge on any atom is 0.255 e. The first kappa shape index (κ1) is 15.4. The van der Waals surface area contributed by atoms with E-state index in [2.05, 4.69) is 10.3 Å². The molecular weight excluding hydrogens is 280 g/mol. The van der Waals surface area contributed by atoms with Crippen molar-refractivity contribution in [1.82, 2.24) is 0 Å². The zero-order valence-corrected chi connectivity index (χ0v) is 12.2. The number of nitrogens with two attached hydrogens (primary N) is 2. The largest absolute Gasteiger partial charge is 0.494 e. The Bertz CT molecular complexity index is 677. The monoisotopic (exact) mass is 298 g/mol. The molecule has 0 aromatic heterocycles. The van der Waals surface area contributed by atoms with Crippen LogP contribution in [-0.4, -0.2) is 18.5 Å². The average molecular weight is 298 g/mol. The first-order valence-corrected chi connectivity index (χ1v) is 6.82. The third-order valence-corrected chi connectivity index (χ3v) is 2.79. The second kappa shape index (κ2) is 7.12. The van der Waals surface area contributed by atoms with E-state index in [4.69, 9.17) is 16.2 Å². The number of anilines is 1. The molecule has 0 aliphatic rings. The fourth-order valence-electron chi connectivity index (χ4n) is 1.87. The predicted octanol–water partition coefficient (Wildman–Crippen LogP) is 2.24. The number of hydrogen-bond donors (Lipinski definition) is 3. The summed E-state index contributed by atoms with van der Waals surface area (Å²) in [6.45, 7) is 2.52. The summed E-state index contributed by atoms with van der Waals surface area (Å²) >= 11 is 0. The van der Waals surface area contributed by atoms with Gasteiger partial charge in [-0.3, -0.25) is 4.79 Å². The van der Waals surface area contributed by atoms with E-state index in [9.17, 15) is 4.79 Å². The van der Waals surface area contributed by atoms with Gasteiger partial charge in [-0.05, 0) is 49.4 Å². The third kappa shape index (κ3) is 4.24. The minimum absolute atomic E-state index is 0.0518. The molecule has 2 rings (SSSR count). The lowest BCUT2D eigenvalue weighted by atomic mass is 10.2. The molecular formula is C16H18N4O2. The van der Waals surface area contributed by atoms with Gasteiger partial charge in [-0.25, -0.2) is 4.99 Å². The van der Waals surface area contributed by atoms with E-state index >= 15 is 0 Å². The van der Waals surface area contributed by atoms with Gasteiger partial charge in [0.25, 0.3) is 5.91 Å². The molecule has 0 atom stereocenters. The Hall–Kier alpha value is -3.02. The van der Waals surface area contributed by atoms with Crippen LogP contribution in [-0.2, 0) is 0 Å². The number of amides is 1. The van der Waals surface area contributed by atoms with Crippen molar-refractivity contribution < 1.29 is 9.53 Å². The summed E-state index contributed by atoms with van der Waals surface area (Å²) in [5, 5.41) is 2.80. The molecule has 6 nitrogen and oxygen atoms in total. The van der Waals surface area contributed by atoms with Gasteiger partial charge in [0, 0.05) is 11.3 Å². The molecule has 0 aliphatic carbocycles. The van der Waals surface area contributed by atoms with Crippen molar-refractivity contribution in [2.45, 2.75) is 6.92 Å². The van der Waals surface area contributed by atoms with Crippen molar-refractivity contribution in [1.29, 1.82) is 0 Å². The van der Waals surface area contributed by atoms with Crippen LogP contribution in [0.2, 0.25) is 0 Å². The lowest BCUT2D eigenvalue weighted by Gasteiger charge is -2.07. The molecule has 22 heavy (non-hydrogen) atoms. The van der Waals surface area contributed by atoms with Gasteiger partial charge in [-0.2, -0.15) is 0 Å². The number of ether oxygens (including phenoxy) is 1. The molecule has 114 valence electrons.